The summed E-state index contributed by atoms with van der Waals surface area (Å²) < 4.78 is 19.4. The van der Waals surface area contributed by atoms with Crippen LogP contribution >= 0.6 is 15.9 Å². The quantitative estimate of drug-likeness (QED) is 0.849. The largest absolute Gasteiger partial charge is 0.439 e. The van der Waals surface area contributed by atoms with Crippen molar-refractivity contribution in [1.82, 2.24) is 4.98 Å². The van der Waals surface area contributed by atoms with Gasteiger partial charge in [-0.25, -0.2) is 9.37 Å². The first kappa shape index (κ1) is 11.6. The van der Waals surface area contributed by atoms with Gasteiger partial charge < -0.3 is 4.74 Å². The van der Waals surface area contributed by atoms with Crippen LogP contribution in [0.4, 0.5) is 4.39 Å². The second-order valence-corrected chi connectivity index (χ2v) is 4.09. The van der Waals surface area contributed by atoms with E-state index in [9.17, 15) is 4.39 Å². The van der Waals surface area contributed by atoms with E-state index in [2.05, 4.69) is 20.9 Å². The number of halogens is 2. The molecule has 0 saturated heterocycles. The third kappa shape index (κ3) is 2.80. The highest BCUT2D eigenvalue weighted by atomic mass is 79.9. The van der Waals surface area contributed by atoms with E-state index in [0.717, 1.165) is 10.5 Å². The Balaban J connectivity index is 2.22. The van der Waals surface area contributed by atoms with Crippen molar-refractivity contribution >= 4 is 15.9 Å². The number of pyridine rings is 1. The van der Waals surface area contributed by atoms with Crippen LogP contribution in [-0.2, 0) is 0 Å². The van der Waals surface area contributed by atoms with E-state index in [1.807, 2.05) is 0 Å². The lowest BCUT2D eigenvalue weighted by atomic mass is 10.2. The van der Waals surface area contributed by atoms with Gasteiger partial charge in [-0.1, -0.05) is 0 Å². The number of benzene rings is 1. The van der Waals surface area contributed by atoms with Crippen LogP contribution < -0.4 is 4.74 Å². The Hall–Kier alpha value is -1.93. The maximum absolute atomic E-state index is 13.3. The molecule has 0 saturated carbocycles. The van der Waals surface area contributed by atoms with E-state index < -0.39 is 5.82 Å². The molecular formula is C12H6BrFN2O. The minimum absolute atomic E-state index is 0.0129. The molecule has 0 atom stereocenters. The molecule has 0 fully saturated rings. The fourth-order valence-corrected chi connectivity index (χ4v) is 1.43. The van der Waals surface area contributed by atoms with Gasteiger partial charge in [-0.2, -0.15) is 5.26 Å². The second-order valence-electron chi connectivity index (χ2n) is 3.17. The lowest BCUT2D eigenvalue weighted by Crippen LogP contribution is -1.90. The molecule has 0 bridgehead atoms. The maximum atomic E-state index is 13.3. The van der Waals surface area contributed by atoms with Gasteiger partial charge in [0.25, 0.3) is 0 Å². The van der Waals surface area contributed by atoms with E-state index in [4.69, 9.17) is 10.00 Å². The molecule has 0 N–H and O–H groups in total. The highest BCUT2D eigenvalue weighted by Crippen LogP contribution is 2.22. The zero-order valence-electron chi connectivity index (χ0n) is 8.52. The summed E-state index contributed by atoms with van der Waals surface area (Å²) >= 11 is 3.25. The Kier molecular flexibility index (Phi) is 3.35. The van der Waals surface area contributed by atoms with Crippen LogP contribution in [0.15, 0.2) is 41.0 Å². The maximum Gasteiger partial charge on any atom is 0.219 e. The molecule has 5 heteroatoms. The molecular weight excluding hydrogens is 287 g/mol. The second kappa shape index (κ2) is 4.93. The van der Waals surface area contributed by atoms with E-state index in [1.54, 1.807) is 24.4 Å². The van der Waals surface area contributed by atoms with Gasteiger partial charge in [0.2, 0.25) is 5.88 Å². The van der Waals surface area contributed by atoms with Crippen LogP contribution in [0, 0.1) is 17.1 Å². The molecule has 2 aromatic rings. The van der Waals surface area contributed by atoms with E-state index >= 15 is 0 Å². The number of rotatable bonds is 2. The average Bonchev–Trinajstić information content (AvgIpc) is 2.32. The molecule has 1 heterocycles. The summed E-state index contributed by atoms with van der Waals surface area (Å²) in [6.45, 7) is 0. The van der Waals surface area contributed by atoms with Gasteiger partial charge in [0.05, 0.1) is 5.56 Å². The zero-order valence-corrected chi connectivity index (χ0v) is 10.1. The predicted molar refractivity (Wildman–Crippen MR) is 63.1 cm³/mol. The number of hydrogen-bond donors (Lipinski definition) is 0. The summed E-state index contributed by atoms with van der Waals surface area (Å²) in [4.78, 5) is 3.99. The van der Waals surface area contributed by atoms with Crippen molar-refractivity contribution in [2.75, 3.05) is 0 Å². The van der Waals surface area contributed by atoms with Crippen LogP contribution in [0.25, 0.3) is 0 Å². The molecule has 3 nitrogen and oxygen atoms in total. The molecule has 0 aliphatic heterocycles. The van der Waals surface area contributed by atoms with Gasteiger partial charge in [0.15, 0.2) is 0 Å². The van der Waals surface area contributed by atoms with E-state index in [1.165, 1.54) is 12.1 Å². The van der Waals surface area contributed by atoms with E-state index in [0.29, 0.717) is 11.6 Å². The zero-order chi connectivity index (χ0) is 12.3. The Morgan fingerprint density at radius 2 is 2.12 bits per heavy atom. The minimum atomic E-state index is -0.609. The van der Waals surface area contributed by atoms with Crippen molar-refractivity contribution in [2.45, 2.75) is 0 Å². The van der Waals surface area contributed by atoms with Crippen molar-refractivity contribution in [2.24, 2.45) is 0 Å². The first-order chi connectivity index (χ1) is 8.19. The van der Waals surface area contributed by atoms with Crippen molar-refractivity contribution in [3.8, 4) is 17.7 Å². The molecule has 0 radical (unpaired) electrons. The number of nitrogens with zero attached hydrogens (tertiary/aromatic N) is 2. The summed E-state index contributed by atoms with van der Waals surface area (Å²) in [7, 11) is 0. The SMILES string of the molecule is N#Cc1ccc(Oc2ccc(Br)cn2)cc1F. The topological polar surface area (TPSA) is 45.9 Å². The summed E-state index contributed by atoms with van der Waals surface area (Å²) in [6, 6.07) is 9.20. The molecule has 1 aromatic carbocycles. The Morgan fingerprint density at radius 1 is 1.29 bits per heavy atom. The molecule has 0 spiro atoms. The third-order valence-corrected chi connectivity index (χ3v) is 2.45. The fraction of sp³-hybridized carbons (Fsp3) is 0. The highest BCUT2D eigenvalue weighted by Gasteiger charge is 2.04. The molecule has 2 rings (SSSR count). The van der Waals surface area contributed by atoms with Gasteiger partial charge in [-0.05, 0) is 34.1 Å². The Labute approximate surface area is 106 Å². The van der Waals surface area contributed by atoms with Crippen LogP contribution in [0.3, 0.4) is 0 Å². The average molecular weight is 293 g/mol. The van der Waals surface area contributed by atoms with Gasteiger partial charge in [-0.3, -0.25) is 0 Å². The minimum Gasteiger partial charge on any atom is -0.439 e. The molecule has 0 unspecified atom stereocenters. The molecule has 84 valence electrons. The number of ether oxygens (including phenoxy) is 1. The summed E-state index contributed by atoms with van der Waals surface area (Å²) in [6.07, 6.45) is 1.58. The number of aromatic nitrogens is 1. The lowest BCUT2D eigenvalue weighted by molar-refractivity contribution is 0.457. The van der Waals surface area contributed by atoms with Gasteiger partial charge in [0, 0.05) is 22.8 Å². The number of nitriles is 1. The van der Waals surface area contributed by atoms with E-state index in [-0.39, 0.29) is 5.56 Å². The van der Waals surface area contributed by atoms with Gasteiger partial charge >= 0.3 is 0 Å². The van der Waals surface area contributed by atoms with Gasteiger partial charge in [-0.15, -0.1) is 0 Å². The van der Waals surface area contributed by atoms with Crippen molar-refractivity contribution in [1.29, 1.82) is 5.26 Å². The van der Waals surface area contributed by atoms with Crippen LogP contribution in [0.2, 0.25) is 0 Å². The normalized spacial score (nSPS) is 9.71. The fourth-order valence-electron chi connectivity index (χ4n) is 1.19. The third-order valence-electron chi connectivity index (χ3n) is 1.98. The molecule has 17 heavy (non-hydrogen) atoms. The van der Waals surface area contributed by atoms with Gasteiger partial charge in [0.1, 0.15) is 17.6 Å². The van der Waals surface area contributed by atoms with Crippen LogP contribution in [-0.4, -0.2) is 4.98 Å². The highest BCUT2D eigenvalue weighted by molar-refractivity contribution is 9.10. The first-order valence-electron chi connectivity index (χ1n) is 4.68. The van der Waals surface area contributed by atoms with Crippen molar-refractivity contribution in [3.63, 3.8) is 0 Å². The van der Waals surface area contributed by atoms with Crippen molar-refractivity contribution < 1.29 is 9.13 Å². The standard InChI is InChI=1S/C12H6BrFN2O/c13-9-2-4-12(16-7-9)17-10-3-1-8(6-15)11(14)5-10/h1-5,7H. The molecule has 1 aromatic heterocycles. The predicted octanol–water partition coefficient (Wildman–Crippen LogP) is 3.65. The summed E-state index contributed by atoms with van der Waals surface area (Å²) in [5, 5.41) is 8.58. The Morgan fingerprint density at radius 3 is 2.71 bits per heavy atom. The summed E-state index contributed by atoms with van der Waals surface area (Å²) in [5.74, 6) is 0.0516. The monoisotopic (exact) mass is 292 g/mol. The number of hydrogen-bond acceptors (Lipinski definition) is 3. The smallest absolute Gasteiger partial charge is 0.219 e. The Bertz CT molecular complexity index is 578. The molecule has 0 aliphatic rings. The molecule has 0 amide bonds. The first-order valence-corrected chi connectivity index (χ1v) is 5.47. The van der Waals surface area contributed by atoms with Crippen LogP contribution in [0.5, 0.6) is 11.6 Å². The lowest BCUT2D eigenvalue weighted by Gasteiger charge is -2.04. The van der Waals surface area contributed by atoms with Crippen LogP contribution in [0.1, 0.15) is 5.56 Å². The summed E-state index contributed by atoms with van der Waals surface area (Å²) in [5.41, 5.74) is -0.0129. The van der Waals surface area contributed by atoms with Crippen molar-refractivity contribution in [3.05, 3.63) is 52.4 Å². The molecule has 0 aliphatic carbocycles.